The van der Waals surface area contributed by atoms with Gasteiger partial charge in [-0.25, -0.2) is 0 Å². The molecule has 8 heteroatoms. The van der Waals surface area contributed by atoms with Crippen LogP contribution in [0.5, 0.6) is 11.6 Å². The molecule has 0 unspecified atom stereocenters. The van der Waals surface area contributed by atoms with Crippen molar-refractivity contribution in [3.05, 3.63) is 104 Å². The Labute approximate surface area is 197 Å². The summed E-state index contributed by atoms with van der Waals surface area (Å²) in [7, 11) is 0. The molecule has 0 fully saturated rings. The molecular formula is C25H17BrN4O3. The molecule has 1 N–H and O–H groups in total. The fourth-order valence-corrected chi connectivity index (χ4v) is 3.36. The van der Waals surface area contributed by atoms with Gasteiger partial charge in [-0.3, -0.25) is 14.0 Å². The van der Waals surface area contributed by atoms with Crippen LogP contribution in [-0.2, 0) is 4.79 Å². The van der Waals surface area contributed by atoms with Gasteiger partial charge < -0.3 is 10.1 Å². The third-order valence-corrected chi connectivity index (χ3v) is 5.34. The number of ether oxygens (including phenoxy) is 1. The minimum Gasteiger partial charge on any atom is -0.438 e. The van der Waals surface area contributed by atoms with Crippen LogP contribution in [0.1, 0.15) is 11.1 Å². The number of pyridine rings is 1. The first-order valence-electron chi connectivity index (χ1n) is 9.90. The molecule has 0 aliphatic heterocycles. The maximum atomic E-state index is 13.2. The van der Waals surface area contributed by atoms with Gasteiger partial charge in [-0.15, -0.1) is 0 Å². The van der Waals surface area contributed by atoms with Crippen molar-refractivity contribution >= 4 is 39.2 Å². The summed E-state index contributed by atoms with van der Waals surface area (Å²) in [4.78, 5) is 30.5. The Bertz CT molecular complexity index is 1480. The number of fused-ring (bicyclic) bond motifs is 1. The summed E-state index contributed by atoms with van der Waals surface area (Å²) >= 11 is 3.37. The van der Waals surface area contributed by atoms with Gasteiger partial charge in [-0.1, -0.05) is 40.2 Å². The number of hydrogen-bond donors (Lipinski definition) is 1. The summed E-state index contributed by atoms with van der Waals surface area (Å²) in [5, 5.41) is 12.4. The molecule has 2 aromatic carbocycles. The lowest BCUT2D eigenvalue weighted by atomic mass is 10.1. The Balaban J connectivity index is 1.81. The topological polar surface area (TPSA) is 96.5 Å². The quantitative estimate of drug-likeness (QED) is 0.303. The van der Waals surface area contributed by atoms with E-state index in [1.54, 1.807) is 60.8 Å². The molecule has 0 saturated carbocycles. The maximum Gasteiger partial charge on any atom is 0.269 e. The number of para-hydroxylation sites is 1. The second-order valence-electron chi connectivity index (χ2n) is 7.06. The molecule has 0 spiro atoms. The Hall–Kier alpha value is -4.22. The Morgan fingerprint density at radius 1 is 1.12 bits per heavy atom. The maximum absolute atomic E-state index is 13.2. The molecule has 4 rings (SSSR count). The number of halogens is 1. The van der Waals surface area contributed by atoms with Crippen LogP contribution in [-0.4, -0.2) is 15.3 Å². The van der Waals surface area contributed by atoms with Gasteiger partial charge in [0.15, 0.2) is 0 Å². The number of nitrogens with zero attached hydrogens (tertiary/aromatic N) is 3. The molecule has 0 bridgehead atoms. The van der Waals surface area contributed by atoms with Crippen molar-refractivity contribution in [2.45, 2.75) is 6.92 Å². The molecule has 2 aromatic heterocycles. The molecule has 1 amide bonds. The number of anilines is 1. The number of rotatable bonds is 5. The van der Waals surface area contributed by atoms with Crippen LogP contribution < -0.4 is 15.6 Å². The lowest BCUT2D eigenvalue weighted by Gasteiger charge is -2.11. The van der Waals surface area contributed by atoms with Crippen molar-refractivity contribution in [2.75, 3.05) is 5.32 Å². The van der Waals surface area contributed by atoms with Crippen LogP contribution in [0.4, 0.5) is 5.69 Å². The van der Waals surface area contributed by atoms with E-state index >= 15 is 0 Å². The molecule has 4 aromatic rings. The normalized spacial score (nSPS) is 11.1. The van der Waals surface area contributed by atoms with E-state index in [0.717, 1.165) is 10.0 Å². The summed E-state index contributed by atoms with van der Waals surface area (Å²) in [5.74, 6) is -0.202. The number of nitrogens with one attached hydrogen (secondary N) is 1. The van der Waals surface area contributed by atoms with Crippen LogP contribution >= 0.6 is 15.9 Å². The standard InChI is InChI=1S/C25H17BrN4O3/c1-16-6-2-3-7-21(16)28-23(31)17(15-27)14-20-24(33-19-11-9-18(26)10-12-19)29-22-8-4-5-13-30(22)25(20)32/h2-14H,1H3,(H,28,31)/b17-14-. The molecule has 2 heterocycles. The predicted octanol–water partition coefficient (Wildman–Crippen LogP) is 5.10. The highest BCUT2D eigenvalue weighted by Crippen LogP contribution is 2.25. The van der Waals surface area contributed by atoms with Crippen molar-refractivity contribution in [1.82, 2.24) is 9.38 Å². The number of nitriles is 1. The fourth-order valence-electron chi connectivity index (χ4n) is 3.09. The molecule has 0 aliphatic rings. The minimum atomic E-state index is -0.640. The zero-order valence-electron chi connectivity index (χ0n) is 17.4. The van der Waals surface area contributed by atoms with E-state index in [2.05, 4.69) is 26.2 Å². The van der Waals surface area contributed by atoms with Crippen molar-refractivity contribution in [3.63, 3.8) is 0 Å². The summed E-state index contributed by atoms with van der Waals surface area (Å²) in [5.41, 5.74) is 1.05. The van der Waals surface area contributed by atoms with Crippen molar-refractivity contribution in [3.8, 4) is 17.7 Å². The number of carbonyl (C=O) groups is 1. The SMILES string of the molecule is Cc1ccccc1NC(=O)/C(C#N)=C\c1c(Oc2ccc(Br)cc2)nc2ccccn2c1=O. The summed E-state index contributed by atoms with van der Waals surface area (Å²) < 4.78 is 8.08. The molecular weight excluding hydrogens is 484 g/mol. The van der Waals surface area contributed by atoms with E-state index in [-0.39, 0.29) is 17.0 Å². The molecule has 0 atom stereocenters. The lowest BCUT2D eigenvalue weighted by molar-refractivity contribution is -0.112. The van der Waals surface area contributed by atoms with Crippen LogP contribution in [0, 0.1) is 18.3 Å². The number of benzene rings is 2. The summed E-state index contributed by atoms with van der Waals surface area (Å²) in [6.07, 6.45) is 2.77. The average Bonchev–Trinajstić information content (AvgIpc) is 2.82. The van der Waals surface area contributed by atoms with Crippen LogP contribution in [0.2, 0.25) is 0 Å². The minimum absolute atomic E-state index is 0.00929. The monoisotopic (exact) mass is 500 g/mol. The first-order chi connectivity index (χ1) is 16.0. The van der Waals surface area contributed by atoms with Crippen LogP contribution in [0.3, 0.4) is 0 Å². The van der Waals surface area contributed by atoms with Crippen molar-refractivity contribution in [1.29, 1.82) is 5.26 Å². The predicted molar refractivity (Wildman–Crippen MR) is 129 cm³/mol. The first kappa shape index (κ1) is 22.0. The Kier molecular flexibility index (Phi) is 6.33. The van der Waals surface area contributed by atoms with E-state index in [1.807, 2.05) is 25.1 Å². The van der Waals surface area contributed by atoms with E-state index in [4.69, 9.17) is 4.74 Å². The zero-order valence-corrected chi connectivity index (χ0v) is 19.0. The molecule has 0 radical (unpaired) electrons. The average molecular weight is 501 g/mol. The Morgan fingerprint density at radius 3 is 2.58 bits per heavy atom. The van der Waals surface area contributed by atoms with E-state index < -0.39 is 11.5 Å². The van der Waals surface area contributed by atoms with Gasteiger partial charge in [0.1, 0.15) is 28.6 Å². The second-order valence-corrected chi connectivity index (χ2v) is 7.98. The Morgan fingerprint density at radius 2 is 1.85 bits per heavy atom. The highest BCUT2D eigenvalue weighted by molar-refractivity contribution is 9.10. The largest absolute Gasteiger partial charge is 0.438 e. The zero-order chi connectivity index (χ0) is 23.4. The molecule has 33 heavy (non-hydrogen) atoms. The number of aromatic nitrogens is 2. The van der Waals surface area contributed by atoms with Gasteiger partial charge in [0.25, 0.3) is 11.5 Å². The molecule has 162 valence electrons. The van der Waals surface area contributed by atoms with Crippen molar-refractivity contribution < 1.29 is 9.53 Å². The second kappa shape index (κ2) is 9.51. The number of amides is 1. The van der Waals surface area contributed by atoms with Gasteiger partial charge in [0.2, 0.25) is 5.88 Å². The lowest BCUT2D eigenvalue weighted by Crippen LogP contribution is -2.20. The van der Waals surface area contributed by atoms with Crippen molar-refractivity contribution in [2.24, 2.45) is 0 Å². The van der Waals surface area contributed by atoms with Gasteiger partial charge in [-0.05, 0) is 61.0 Å². The van der Waals surface area contributed by atoms with E-state index in [1.165, 1.54) is 10.5 Å². The first-order valence-corrected chi connectivity index (χ1v) is 10.7. The third kappa shape index (κ3) is 4.84. The smallest absolute Gasteiger partial charge is 0.269 e. The molecule has 7 nitrogen and oxygen atoms in total. The number of hydrogen-bond acceptors (Lipinski definition) is 5. The molecule has 0 saturated heterocycles. The van der Waals surface area contributed by atoms with Gasteiger partial charge in [-0.2, -0.15) is 10.2 Å². The van der Waals surface area contributed by atoms with Gasteiger partial charge in [0, 0.05) is 16.4 Å². The molecule has 0 aliphatic carbocycles. The highest BCUT2D eigenvalue weighted by Gasteiger charge is 2.18. The van der Waals surface area contributed by atoms with Crippen LogP contribution in [0.15, 0.2) is 87.8 Å². The van der Waals surface area contributed by atoms with Crippen LogP contribution in [0.25, 0.3) is 11.7 Å². The van der Waals surface area contributed by atoms with E-state index in [0.29, 0.717) is 17.1 Å². The summed E-state index contributed by atoms with van der Waals surface area (Å²) in [6, 6.07) is 21.2. The number of carbonyl (C=O) groups excluding carboxylic acids is 1. The fraction of sp³-hybridized carbons (Fsp3) is 0.0400. The number of aryl methyl sites for hydroxylation is 1. The highest BCUT2D eigenvalue weighted by atomic mass is 79.9. The van der Waals surface area contributed by atoms with Gasteiger partial charge >= 0.3 is 0 Å². The summed E-state index contributed by atoms with van der Waals surface area (Å²) in [6.45, 7) is 1.84. The van der Waals surface area contributed by atoms with Gasteiger partial charge in [0.05, 0.1) is 0 Å². The van der Waals surface area contributed by atoms with E-state index in [9.17, 15) is 14.9 Å². The third-order valence-electron chi connectivity index (χ3n) is 4.81.